The molecule has 0 fully saturated rings. The minimum Gasteiger partial charge on any atom is -0.347 e. The Morgan fingerprint density at radius 2 is 1.96 bits per heavy atom. The molecule has 0 radical (unpaired) electrons. The van der Waals surface area contributed by atoms with Crippen LogP contribution < -0.4 is 10.9 Å². The van der Waals surface area contributed by atoms with E-state index in [9.17, 15) is 4.79 Å². The number of aryl methyl sites for hydroxylation is 2. The van der Waals surface area contributed by atoms with Gasteiger partial charge in [-0.15, -0.1) is 0 Å². The van der Waals surface area contributed by atoms with E-state index < -0.39 is 0 Å². The van der Waals surface area contributed by atoms with Crippen LogP contribution in [0, 0.1) is 6.92 Å². The van der Waals surface area contributed by atoms with Gasteiger partial charge in [-0.25, -0.2) is 0 Å². The Balaban J connectivity index is 1.59. The van der Waals surface area contributed by atoms with Gasteiger partial charge in [-0.05, 0) is 42.8 Å². The number of nitrogens with one attached hydrogen (secondary N) is 1. The van der Waals surface area contributed by atoms with Crippen molar-refractivity contribution in [3.63, 3.8) is 0 Å². The Morgan fingerprint density at radius 1 is 1.07 bits per heavy atom. The van der Waals surface area contributed by atoms with Crippen LogP contribution in [0.25, 0.3) is 27.8 Å². The van der Waals surface area contributed by atoms with Gasteiger partial charge in [0.2, 0.25) is 0 Å². The quantitative estimate of drug-likeness (QED) is 0.588. The minimum atomic E-state index is -0.0835. The summed E-state index contributed by atoms with van der Waals surface area (Å²) < 4.78 is 3.94. The van der Waals surface area contributed by atoms with Gasteiger partial charge in [-0.2, -0.15) is 10.2 Å². The third kappa shape index (κ3) is 2.65. The van der Waals surface area contributed by atoms with E-state index >= 15 is 0 Å². The summed E-state index contributed by atoms with van der Waals surface area (Å²) in [6.07, 6.45) is 2.84. The Hall–Kier alpha value is -3.25. The molecule has 3 aromatic heterocycles. The third-order valence-corrected chi connectivity index (χ3v) is 5.55. The normalized spacial score (nSPS) is 13.6. The molecule has 1 aliphatic rings. The van der Waals surface area contributed by atoms with E-state index in [0.29, 0.717) is 5.69 Å². The van der Waals surface area contributed by atoms with Crippen LogP contribution in [0.15, 0.2) is 53.5 Å². The zero-order valence-electron chi connectivity index (χ0n) is 15.9. The van der Waals surface area contributed by atoms with Crippen molar-refractivity contribution in [3.05, 3.63) is 76.0 Å². The molecule has 4 heterocycles. The average Bonchev–Trinajstić information content (AvgIpc) is 3.01. The van der Waals surface area contributed by atoms with E-state index in [1.165, 1.54) is 16.6 Å². The van der Waals surface area contributed by atoms with E-state index in [1.807, 2.05) is 37.4 Å². The molecule has 6 heteroatoms. The maximum Gasteiger partial charge on any atom is 0.255 e. The number of benzene rings is 1. The number of pyridine rings is 1. The zero-order valence-corrected chi connectivity index (χ0v) is 15.9. The summed E-state index contributed by atoms with van der Waals surface area (Å²) in [7, 11) is 2.11. The highest BCUT2D eigenvalue weighted by Crippen LogP contribution is 2.29. The molecule has 140 valence electrons. The Morgan fingerprint density at radius 3 is 2.75 bits per heavy atom. The van der Waals surface area contributed by atoms with Gasteiger partial charge in [0.25, 0.3) is 5.56 Å². The molecular formula is C22H21N5O. The molecule has 1 aromatic carbocycles. The fourth-order valence-electron chi connectivity index (χ4n) is 4.05. The molecule has 4 aromatic rings. The second-order valence-electron chi connectivity index (χ2n) is 7.30. The van der Waals surface area contributed by atoms with Crippen LogP contribution in [-0.4, -0.2) is 25.9 Å². The standard InChI is InChI=1S/C22H21N5O/c1-14-3-6-19(25-24-14)15-8-10-27(22(28)11-15)16-4-5-17-18-13-23-9-7-20(18)26(2)21(17)12-16/h3-6,8,10-12,23H,7,9,13H2,1-2H3. The van der Waals surface area contributed by atoms with E-state index in [4.69, 9.17) is 0 Å². The molecule has 0 saturated heterocycles. The van der Waals surface area contributed by atoms with Crippen LogP contribution >= 0.6 is 0 Å². The number of fused-ring (bicyclic) bond motifs is 3. The fourth-order valence-corrected chi connectivity index (χ4v) is 4.05. The van der Waals surface area contributed by atoms with Crippen molar-refractivity contribution in [1.29, 1.82) is 0 Å². The lowest BCUT2D eigenvalue weighted by molar-refractivity contribution is 0.622. The second kappa shape index (κ2) is 6.42. The third-order valence-electron chi connectivity index (χ3n) is 5.55. The number of hydrogen-bond acceptors (Lipinski definition) is 4. The Kier molecular flexibility index (Phi) is 3.87. The number of aromatic nitrogens is 4. The maximum atomic E-state index is 12.8. The van der Waals surface area contributed by atoms with Crippen molar-refractivity contribution in [2.45, 2.75) is 19.9 Å². The summed E-state index contributed by atoms with van der Waals surface area (Å²) >= 11 is 0. The largest absolute Gasteiger partial charge is 0.347 e. The lowest BCUT2D eigenvalue weighted by atomic mass is 10.1. The van der Waals surface area contributed by atoms with Crippen LogP contribution in [0.3, 0.4) is 0 Å². The summed E-state index contributed by atoms with van der Waals surface area (Å²) in [6.45, 7) is 3.80. The average molecular weight is 371 g/mol. The summed E-state index contributed by atoms with van der Waals surface area (Å²) in [5, 5.41) is 13.0. The molecule has 6 nitrogen and oxygen atoms in total. The van der Waals surface area contributed by atoms with Crippen LogP contribution in [0.5, 0.6) is 0 Å². The van der Waals surface area contributed by atoms with Gasteiger partial charge in [-0.3, -0.25) is 9.36 Å². The van der Waals surface area contributed by atoms with Crippen molar-refractivity contribution in [1.82, 2.24) is 24.6 Å². The molecule has 0 spiro atoms. The lowest BCUT2D eigenvalue weighted by Crippen LogP contribution is -2.24. The molecule has 0 unspecified atom stereocenters. The van der Waals surface area contributed by atoms with E-state index in [-0.39, 0.29) is 5.56 Å². The van der Waals surface area contributed by atoms with Gasteiger partial charge in [0.1, 0.15) is 0 Å². The molecule has 0 atom stereocenters. The fraction of sp³-hybridized carbons (Fsp3) is 0.227. The van der Waals surface area contributed by atoms with Crippen LogP contribution in [-0.2, 0) is 20.0 Å². The highest BCUT2D eigenvalue weighted by atomic mass is 16.1. The highest BCUT2D eigenvalue weighted by molar-refractivity contribution is 5.87. The lowest BCUT2D eigenvalue weighted by Gasteiger charge is -2.14. The molecule has 0 amide bonds. The number of nitrogens with zero attached hydrogens (tertiary/aromatic N) is 4. The first-order valence-electron chi connectivity index (χ1n) is 9.46. The highest BCUT2D eigenvalue weighted by Gasteiger charge is 2.18. The molecule has 1 N–H and O–H groups in total. The monoisotopic (exact) mass is 371 g/mol. The van der Waals surface area contributed by atoms with Crippen LogP contribution in [0.2, 0.25) is 0 Å². The summed E-state index contributed by atoms with van der Waals surface area (Å²) in [6, 6.07) is 13.5. The van der Waals surface area contributed by atoms with Crippen molar-refractivity contribution >= 4 is 10.9 Å². The predicted molar refractivity (Wildman–Crippen MR) is 110 cm³/mol. The van der Waals surface area contributed by atoms with Crippen molar-refractivity contribution in [3.8, 4) is 16.9 Å². The first-order chi connectivity index (χ1) is 13.6. The van der Waals surface area contributed by atoms with Crippen LogP contribution in [0.1, 0.15) is 17.0 Å². The van der Waals surface area contributed by atoms with Gasteiger partial charge >= 0.3 is 0 Å². The first-order valence-corrected chi connectivity index (χ1v) is 9.46. The number of hydrogen-bond donors (Lipinski definition) is 1. The van der Waals surface area contributed by atoms with Gasteiger partial charge in [0.05, 0.1) is 22.6 Å². The predicted octanol–water partition coefficient (Wildman–Crippen LogP) is 2.74. The van der Waals surface area contributed by atoms with Crippen molar-refractivity contribution in [2.24, 2.45) is 7.05 Å². The molecule has 28 heavy (non-hydrogen) atoms. The minimum absolute atomic E-state index is 0.0835. The summed E-state index contributed by atoms with van der Waals surface area (Å²) in [4.78, 5) is 12.8. The van der Waals surface area contributed by atoms with Gasteiger partial charge in [0, 0.05) is 55.5 Å². The molecule has 0 bridgehead atoms. The SMILES string of the molecule is Cc1ccc(-c2ccn(-c3ccc4c5c(n(C)c4c3)CCNC5)c(=O)c2)nn1. The van der Waals surface area contributed by atoms with Gasteiger partial charge in [0.15, 0.2) is 0 Å². The molecule has 0 aliphatic carbocycles. The molecule has 1 aliphatic heterocycles. The summed E-state index contributed by atoms with van der Waals surface area (Å²) in [5.41, 5.74) is 7.02. The Labute approximate surface area is 162 Å². The van der Waals surface area contributed by atoms with E-state index in [0.717, 1.165) is 42.0 Å². The van der Waals surface area contributed by atoms with Crippen LogP contribution in [0.4, 0.5) is 0 Å². The van der Waals surface area contributed by atoms with Crippen molar-refractivity contribution < 1.29 is 0 Å². The number of rotatable bonds is 2. The molecule has 0 saturated carbocycles. The second-order valence-corrected chi connectivity index (χ2v) is 7.30. The molecular weight excluding hydrogens is 350 g/mol. The zero-order chi connectivity index (χ0) is 19.3. The van der Waals surface area contributed by atoms with E-state index in [2.05, 4.69) is 39.3 Å². The maximum absolute atomic E-state index is 12.8. The van der Waals surface area contributed by atoms with Gasteiger partial charge < -0.3 is 9.88 Å². The molecule has 5 rings (SSSR count). The Bertz CT molecular complexity index is 1250. The van der Waals surface area contributed by atoms with Gasteiger partial charge in [-0.1, -0.05) is 6.07 Å². The topological polar surface area (TPSA) is 64.7 Å². The summed E-state index contributed by atoms with van der Waals surface area (Å²) in [5.74, 6) is 0. The van der Waals surface area contributed by atoms with E-state index in [1.54, 1.807) is 10.6 Å². The smallest absolute Gasteiger partial charge is 0.255 e. The first kappa shape index (κ1) is 16.9. The van der Waals surface area contributed by atoms with Crippen molar-refractivity contribution in [2.75, 3.05) is 6.54 Å².